The van der Waals surface area contributed by atoms with E-state index < -0.39 is 54.1 Å². The lowest BCUT2D eigenvalue weighted by molar-refractivity contribution is -0.307. The molecule has 0 aromatic heterocycles. The number of epoxide rings is 1. The minimum Gasteiger partial charge on any atom is -0.506 e. The van der Waals surface area contributed by atoms with Crippen LogP contribution in [-0.4, -0.2) is 84.2 Å². The smallest absolute Gasteiger partial charge is 0.274 e. The van der Waals surface area contributed by atoms with Crippen LogP contribution in [-0.2, 0) is 30.3 Å². The van der Waals surface area contributed by atoms with E-state index >= 15 is 0 Å². The number of fused-ring (bicyclic) bond motifs is 8. The van der Waals surface area contributed by atoms with Gasteiger partial charge in [-0.3, -0.25) is 9.59 Å². The van der Waals surface area contributed by atoms with Gasteiger partial charge in [0.15, 0.2) is 18.2 Å². The van der Waals surface area contributed by atoms with Gasteiger partial charge in [-0.05, 0) is 42.7 Å². The highest BCUT2D eigenvalue weighted by molar-refractivity contribution is 6.15. The number of aromatic hydroxyl groups is 1. The van der Waals surface area contributed by atoms with Crippen LogP contribution in [0.15, 0.2) is 30.3 Å². The number of phenols is 1. The van der Waals surface area contributed by atoms with Crippen LogP contribution in [0.25, 0.3) is 10.8 Å². The molecule has 8 rings (SSSR count). The second-order valence-corrected chi connectivity index (χ2v) is 12.7. The fourth-order valence-electron chi connectivity index (χ4n) is 8.05. The summed E-state index contributed by atoms with van der Waals surface area (Å²) in [4.78, 5) is 26.7. The van der Waals surface area contributed by atoms with E-state index in [0.717, 1.165) is 5.56 Å². The molecule has 4 heterocycles. The first-order valence-electron chi connectivity index (χ1n) is 15.2. The van der Waals surface area contributed by atoms with E-state index in [9.17, 15) is 24.9 Å². The lowest BCUT2D eigenvalue weighted by Gasteiger charge is -2.47. The number of rotatable bonds is 8. The Hall–Kier alpha value is -3.62. The molecule has 12 nitrogen and oxygen atoms in total. The van der Waals surface area contributed by atoms with Crippen LogP contribution < -0.4 is 9.47 Å². The molecule has 3 fully saturated rings. The van der Waals surface area contributed by atoms with E-state index in [1.807, 2.05) is 24.3 Å². The largest absolute Gasteiger partial charge is 0.506 e. The molecule has 6 unspecified atom stereocenters. The molecule has 0 amide bonds. The topological polar surface area (TPSA) is 163 Å². The van der Waals surface area contributed by atoms with Crippen molar-refractivity contribution < 1.29 is 58.1 Å². The van der Waals surface area contributed by atoms with E-state index in [-0.39, 0.29) is 47.0 Å². The molecule has 1 aliphatic carbocycles. The van der Waals surface area contributed by atoms with Gasteiger partial charge >= 0.3 is 0 Å². The van der Waals surface area contributed by atoms with Crippen LogP contribution in [0.3, 0.4) is 0 Å². The number of Topliss-reactive ketones (excluding diaryl/α,β-unsaturated/α-hetero) is 1. The minimum atomic E-state index is -2.10. The number of aryl methyl sites for hydroxylation is 1. The van der Waals surface area contributed by atoms with Crippen LogP contribution in [0.1, 0.15) is 68.5 Å². The summed E-state index contributed by atoms with van der Waals surface area (Å²) >= 11 is 0. The number of hydrogen-bond acceptors (Lipinski definition) is 12. The summed E-state index contributed by atoms with van der Waals surface area (Å²) in [6, 6.07) is 9.12. The molecule has 5 aliphatic rings. The maximum Gasteiger partial charge on any atom is 0.274 e. The highest BCUT2D eigenvalue weighted by atomic mass is 16.9. The second kappa shape index (κ2) is 9.94. The van der Waals surface area contributed by atoms with Gasteiger partial charge in [0, 0.05) is 35.1 Å². The van der Waals surface area contributed by atoms with Crippen LogP contribution in [0.5, 0.6) is 17.2 Å². The van der Waals surface area contributed by atoms with E-state index in [4.69, 9.17) is 33.2 Å². The number of ether oxygens (including phenoxy) is 7. The maximum absolute atomic E-state index is 13.8. The number of phenolic OH excluding ortho intramolecular Hbond substituents is 1. The lowest BCUT2D eigenvalue weighted by atomic mass is 9.75. The van der Waals surface area contributed by atoms with Gasteiger partial charge in [0.05, 0.1) is 44.0 Å². The molecule has 46 heavy (non-hydrogen) atoms. The van der Waals surface area contributed by atoms with Gasteiger partial charge in [0.1, 0.15) is 29.5 Å². The molecule has 3 aromatic rings. The Morgan fingerprint density at radius 3 is 2.52 bits per heavy atom. The molecule has 12 heteroatoms. The molecule has 0 radical (unpaired) electrons. The average molecular weight is 635 g/mol. The highest BCUT2D eigenvalue weighted by Gasteiger charge is 2.92. The molecule has 4 aliphatic heterocycles. The highest BCUT2D eigenvalue weighted by Crippen LogP contribution is 2.70. The van der Waals surface area contributed by atoms with Crippen molar-refractivity contribution in [2.75, 3.05) is 27.4 Å². The SMILES string of the molecule is COc1ccc(CO[C@H]2C[C@@H](C)C(=O)c3c2c(C=O)c2cc(C)c4c(c2c3O)OC2(O)C3OC(C(CO)OC)(OC43)C23CO3)cc1. The number of aliphatic hydroxyl groups is 2. The molecule has 2 bridgehead atoms. The molecule has 3 aromatic carbocycles. The van der Waals surface area contributed by atoms with Crippen molar-refractivity contribution in [3.8, 4) is 17.2 Å². The standard InChI is InChI=1S/C34H34O12/c1-15-9-19-20(11-35)24-21(42-13-17-5-7-18(40-3)8-6-17)10-16(2)27(37)26(24)28(38)25(19)29-23(15)30-31-33(39,44-29)32(14-43-32)34(45-30,46-31)22(12-36)41-4/h5-9,11,16,21-22,30-31,36,38-39H,10,12-14H2,1-4H3/t16-,21+,22?,30?,31?,32?,33?,34?/m1/s1. The summed E-state index contributed by atoms with van der Waals surface area (Å²) < 4.78 is 42.1. The fourth-order valence-corrected chi connectivity index (χ4v) is 8.05. The zero-order chi connectivity index (χ0) is 32.3. The predicted molar refractivity (Wildman–Crippen MR) is 158 cm³/mol. The summed E-state index contributed by atoms with van der Waals surface area (Å²) in [5, 5.41) is 34.7. The summed E-state index contributed by atoms with van der Waals surface area (Å²) in [7, 11) is 2.98. The molecule has 0 saturated carbocycles. The summed E-state index contributed by atoms with van der Waals surface area (Å²) in [6.07, 6.45) is -2.64. The number of aliphatic hydroxyl groups excluding tert-OH is 1. The Morgan fingerprint density at radius 1 is 1.15 bits per heavy atom. The van der Waals surface area contributed by atoms with Gasteiger partial charge in [-0.15, -0.1) is 0 Å². The van der Waals surface area contributed by atoms with Crippen molar-refractivity contribution in [1.29, 1.82) is 0 Å². The summed E-state index contributed by atoms with van der Waals surface area (Å²) in [5.74, 6) is -4.21. The molecule has 8 atom stereocenters. The molecule has 3 N–H and O–H groups in total. The Bertz CT molecular complexity index is 1790. The monoisotopic (exact) mass is 634 g/mol. The van der Waals surface area contributed by atoms with E-state index in [1.165, 1.54) is 7.11 Å². The molecule has 3 saturated heterocycles. The van der Waals surface area contributed by atoms with Gasteiger partial charge in [-0.2, -0.15) is 0 Å². The molecular weight excluding hydrogens is 600 g/mol. The quantitative estimate of drug-likeness (QED) is 0.245. The average Bonchev–Trinajstić information content (AvgIpc) is 3.73. The third kappa shape index (κ3) is 3.52. The predicted octanol–water partition coefficient (Wildman–Crippen LogP) is 3.18. The fraction of sp³-hybridized carbons (Fsp3) is 0.471. The molecule has 242 valence electrons. The number of hydrogen-bond donors (Lipinski definition) is 3. The Morgan fingerprint density at radius 2 is 1.89 bits per heavy atom. The van der Waals surface area contributed by atoms with Crippen molar-refractivity contribution in [2.45, 2.75) is 68.5 Å². The van der Waals surface area contributed by atoms with Crippen molar-refractivity contribution in [3.63, 3.8) is 0 Å². The minimum absolute atomic E-state index is 0.00412. The normalized spacial score (nSPS) is 33.9. The van der Waals surface area contributed by atoms with Crippen LogP contribution in [0, 0.1) is 12.8 Å². The Balaban J connectivity index is 1.29. The third-order valence-electron chi connectivity index (χ3n) is 10.4. The number of carbonyl (C=O) groups excluding carboxylic acids is 2. The Kier molecular flexibility index (Phi) is 6.43. The molecule has 1 spiro atoms. The van der Waals surface area contributed by atoms with Gasteiger partial charge < -0.3 is 48.5 Å². The van der Waals surface area contributed by atoms with Crippen LogP contribution >= 0.6 is 0 Å². The first-order chi connectivity index (χ1) is 22.1. The van der Waals surface area contributed by atoms with Crippen LogP contribution in [0.4, 0.5) is 0 Å². The summed E-state index contributed by atoms with van der Waals surface area (Å²) in [5.41, 5.74) is 0.950. The van der Waals surface area contributed by atoms with E-state index in [2.05, 4.69) is 0 Å². The van der Waals surface area contributed by atoms with Gasteiger partial charge in [0.2, 0.25) is 11.4 Å². The van der Waals surface area contributed by atoms with Crippen molar-refractivity contribution in [3.05, 3.63) is 63.7 Å². The van der Waals surface area contributed by atoms with Gasteiger partial charge in [-0.1, -0.05) is 19.1 Å². The first kappa shape index (κ1) is 29.8. The van der Waals surface area contributed by atoms with Crippen molar-refractivity contribution in [1.82, 2.24) is 0 Å². The lowest BCUT2D eigenvalue weighted by Crippen LogP contribution is -2.69. The Labute approximate surface area is 263 Å². The number of benzene rings is 3. The number of ketones is 1. The van der Waals surface area contributed by atoms with Crippen molar-refractivity contribution in [2.24, 2.45) is 5.92 Å². The van der Waals surface area contributed by atoms with Crippen molar-refractivity contribution >= 4 is 22.8 Å². The summed E-state index contributed by atoms with van der Waals surface area (Å²) in [6.45, 7) is 3.28. The number of carbonyl (C=O) groups is 2. The van der Waals surface area contributed by atoms with E-state index in [0.29, 0.717) is 40.5 Å². The molecular formula is C34H34O12. The number of aldehydes is 1. The maximum atomic E-state index is 13.8. The second-order valence-electron chi connectivity index (χ2n) is 12.7. The zero-order valence-corrected chi connectivity index (χ0v) is 25.7. The third-order valence-corrected chi connectivity index (χ3v) is 10.4. The van der Waals surface area contributed by atoms with Gasteiger partial charge in [-0.25, -0.2) is 0 Å². The zero-order valence-electron chi connectivity index (χ0n) is 25.7. The van der Waals surface area contributed by atoms with Crippen LogP contribution in [0.2, 0.25) is 0 Å². The van der Waals surface area contributed by atoms with E-state index in [1.54, 1.807) is 27.0 Å². The first-order valence-corrected chi connectivity index (χ1v) is 15.2. The number of methoxy groups -OCH3 is 2. The van der Waals surface area contributed by atoms with Gasteiger partial charge in [0.25, 0.3) is 5.79 Å².